The monoisotopic (exact) mass is 345 g/mol. The molecule has 0 bridgehead atoms. The van der Waals surface area contributed by atoms with Gasteiger partial charge in [-0.3, -0.25) is 4.79 Å². The van der Waals surface area contributed by atoms with Gasteiger partial charge in [-0.1, -0.05) is 31.2 Å². The van der Waals surface area contributed by atoms with E-state index < -0.39 is 0 Å². The van der Waals surface area contributed by atoms with Crippen molar-refractivity contribution < 1.29 is 14.6 Å². The lowest BCUT2D eigenvalue weighted by Crippen LogP contribution is -2.62. The van der Waals surface area contributed by atoms with Gasteiger partial charge in [0.05, 0.1) is 12.2 Å². The van der Waals surface area contributed by atoms with Gasteiger partial charge in [0.15, 0.2) is 0 Å². The van der Waals surface area contributed by atoms with Gasteiger partial charge in [-0.15, -0.1) is 0 Å². The number of carbonyl (C=O) groups is 1. The molecule has 1 aromatic carbocycles. The number of aliphatic hydroxyl groups excluding tert-OH is 1. The van der Waals surface area contributed by atoms with Gasteiger partial charge in [0.1, 0.15) is 0 Å². The van der Waals surface area contributed by atoms with E-state index in [0.717, 1.165) is 45.2 Å². The molecular formula is C21H31NO3. The maximum Gasteiger partial charge on any atom is 0.222 e. The van der Waals surface area contributed by atoms with Crippen LogP contribution in [0.4, 0.5) is 0 Å². The van der Waals surface area contributed by atoms with Gasteiger partial charge in [0.2, 0.25) is 5.91 Å². The van der Waals surface area contributed by atoms with Crippen molar-refractivity contribution in [2.45, 2.75) is 64.6 Å². The number of piperidine rings is 1. The molecule has 1 amide bonds. The summed E-state index contributed by atoms with van der Waals surface area (Å²) >= 11 is 0. The Morgan fingerprint density at radius 3 is 2.40 bits per heavy atom. The largest absolute Gasteiger partial charge is 0.392 e. The van der Waals surface area contributed by atoms with E-state index >= 15 is 0 Å². The van der Waals surface area contributed by atoms with Crippen LogP contribution in [-0.2, 0) is 22.4 Å². The fourth-order valence-corrected chi connectivity index (χ4v) is 4.34. The van der Waals surface area contributed by atoms with Gasteiger partial charge >= 0.3 is 0 Å². The van der Waals surface area contributed by atoms with E-state index in [4.69, 9.17) is 4.74 Å². The van der Waals surface area contributed by atoms with Gasteiger partial charge in [-0.05, 0) is 43.7 Å². The second-order valence-corrected chi connectivity index (χ2v) is 7.48. The van der Waals surface area contributed by atoms with Crippen molar-refractivity contribution in [3.05, 3.63) is 35.4 Å². The maximum absolute atomic E-state index is 12.5. The second kappa shape index (κ2) is 7.88. The molecule has 25 heavy (non-hydrogen) atoms. The molecule has 2 aliphatic rings. The van der Waals surface area contributed by atoms with Crippen LogP contribution in [0.5, 0.6) is 0 Å². The van der Waals surface area contributed by atoms with Crippen LogP contribution in [0.15, 0.2) is 24.3 Å². The first kappa shape index (κ1) is 18.4. The fraction of sp³-hybridized carbons (Fsp3) is 0.667. The molecule has 1 N–H and O–H groups in total. The van der Waals surface area contributed by atoms with Crippen LogP contribution in [0, 0.1) is 5.41 Å². The van der Waals surface area contributed by atoms with E-state index in [1.807, 2.05) is 11.8 Å². The average Bonchev–Trinajstić information content (AvgIpc) is 2.66. The van der Waals surface area contributed by atoms with E-state index in [9.17, 15) is 9.90 Å². The molecule has 1 aliphatic heterocycles. The zero-order valence-corrected chi connectivity index (χ0v) is 15.5. The Kier molecular flexibility index (Phi) is 5.80. The van der Waals surface area contributed by atoms with Crippen molar-refractivity contribution in [2.75, 3.05) is 19.7 Å². The highest BCUT2D eigenvalue weighted by atomic mass is 16.5. The molecule has 2 atom stereocenters. The molecule has 0 aromatic heterocycles. The van der Waals surface area contributed by atoms with Crippen molar-refractivity contribution in [1.29, 1.82) is 0 Å². The Morgan fingerprint density at radius 1 is 1.20 bits per heavy atom. The Balaban J connectivity index is 1.48. The minimum absolute atomic E-state index is 0.108. The Bertz CT molecular complexity index is 573. The lowest BCUT2D eigenvalue weighted by atomic mass is 9.58. The van der Waals surface area contributed by atoms with Gasteiger partial charge in [-0.2, -0.15) is 0 Å². The van der Waals surface area contributed by atoms with Crippen molar-refractivity contribution in [1.82, 2.24) is 4.90 Å². The number of carbonyl (C=O) groups excluding carboxylic acids is 1. The molecular weight excluding hydrogens is 314 g/mol. The molecule has 1 saturated carbocycles. The Labute approximate surface area is 151 Å². The number of nitrogens with zero attached hydrogens (tertiary/aromatic N) is 1. The highest BCUT2D eigenvalue weighted by Gasteiger charge is 2.56. The molecule has 1 aromatic rings. The topological polar surface area (TPSA) is 49.8 Å². The molecule has 0 radical (unpaired) electrons. The first-order valence-corrected chi connectivity index (χ1v) is 9.74. The zero-order valence-electron chi connectivity index (χ0n) is 15.5. The molecule has 1 aliphatic carbocycles. The smallest absolute Gasteiger partial charge is 0.222 e. The first-order chi connectivity index (χ1) is 12.1. The number of aryl methyl sites for hydroxylation is 2. The number of hydrogen-bond donors (Lipinski definition) is 1. The van der Waals surface area contributed by atoms with Crippen molar-refractivity contribution in [3.8, 4) is 0 Å². The number of aliphatic hydroxyl groups is 1. The van der Waals surface area contributed by atoms with E-state index in [2.05, 4.69) is 31.2 Å². The molecule has 2 fully saturated rings. The third-order valence-electron chi connectivity index (χ3n) is 6.22. The summed E-state index contributed by atoms with van der Waals surface area (Å²) in [7, 11) is 0. The zero-order chi connectivity index (χ0) is 17.9. The highest BCUT2D eigenvalue weighted by molar-refractivity contribution is 5.76. The van der Waals surface area contributed by atoms with Crippen molar-refractivity contribution in [3.63, 3.8) is 0 Å². The van der Waals surface area contributed by atoms with Crippen LogP contribution in [0.2, 0.25) is 0 Å². The summed E-state index contributed by atoms with van der Waals surface area (Å²) in [6, 6.07) is 8.57. The number of likely N-dealkylation sites (tertiary alicyclic amines) is 1. The first-order valence-electron chi connectivity index (χ1n) is 9.74. The third-order valence-corrected chi connectivity index (χ3v) is 6.22. The number of ether oxygens (including phenoxy) is 1. The highest BCUT2D eigenvalue weighted by Crippen LogP contribution is 2.50. The number of benzene rings is 1. The fourth-order valence-electron chi connectivity index (χ4n) is 4.34. The van der Waals surface area contributed by atoms with Crippen LogP contribution in [0.1, 0.15) is 50.7 Å². The predicted molar refractivity (Wildman–Crippen MR) is 98.4 cm³/mol. The van der Waals surface area contributed by atoms with Gasteiger partial charge in [0, 0.05) is 38.0 Å². The normalized spacial score (nSPS) is 25.0. The molecule has 2 unspecified atom stereocenters. The van der Waals surface area contributed by atoms with E-state index in [1.54, 1.807) is 0 Å². The number of amides is 1. The van der Waals surface area contributed by atoms with E-state index in [-0.39, 0.29) is 23.5 Å². The van der Waals surface area contributed by atoms with Crippen LogP contribution in [0.25, 0.3) is 0 Å². The summed E-state index contributed by atoms with van der Waals surface area (Å²) < 4.78 is 5.80. The molecule has 1 saturated heterocycles. The Morgan fingerprint density at radius 2 is 1.84 bits per heavy atom. The second-order valence-electron chi connectivity index (χ2n) is 7.48. The minimum Gasteiger partial charge on any atom is -0.392 e. The van der Waals surface area contributed by atoms with Gasteiger partial charge in [0.25, 0.3) is 0 Å². The Hall–Kier alpha value is -1.39. The van der Waals surface area contributed by atoms with Crippen LogP contribution in [0.3, 0.4) is 0 Å². The minimum atomic E-state index is -0.265. The summed E-state index contributed by atoms with van der Waals surface area (Å²) in [6.45, 7) is 6.34. The average molecular weight is 345 g/mol. The lowest BCUT2D eigenvalue weighted by molar-refractivity contribution is -0.210. The molecule has 4 heteroatoms. The van der Waals surface area contributed by atoms with Crippen LogP contribution >= 0.6 is 0 Å². The van der Waals surface area contributed by atoms with Gasteiger partial charge in [-0.25, -0.2) is 0 Å². The predicted octanol–water partition coefficient (Wildman–Crippen LogP) is 2.96. The summed E-state index contributed by atoms with van der Waals surface area (Å²) in [5.74, 6) is 0.233. The maximum atomic E-state index is 12.5. The molecule has 138 valence electrons. The third kappa shape index (κ3) is 3.75. The van der Waals surface area contributed by atoms with Crippen LogP contribution < -0.4 is 0 Å². The van der Waals surface area contributed by atoms with Crippen molar-refractivity contribution >= 4 is 5.91 Å². The standard InChI is InChI=1S/C21H31NO3/c1-3-16-5-7-17(8-6-16)9-10-20(24)22-13-11-21(12-14-22)18(23)15-19(21)25-4-2/h5-8,18-19,23H,3-4,9-15H2,1-2H3. The molecule has 4 nitrogen and oxygen atoms in total. The summed E-state index contributed by atoms with van der Waals surface area (Å²) in [6.07, 6.45) is 4.77. The summed E-state index contributed by atoms with van der Waals surface area (Å²) in [5, 5.41) is 10.3. The summed E-state index contributed by atoms with van der Waals surface area (Å²) in [4.78, 5) is 14.5. The molecule has 1 spiro atoms. The van der Waals surface area contributed by atoms with Crippen LogP contribution in [-0.4, -0.2) is 47.8 Å². The molecule has 3 rings (SSSR count). The van der Waals surface area contributed by atoms with Crippen molar-refractivity contribution in [2.24, 2.45) is 5.41 Å². The molecule has 1 heterocycles. The summed E-state index contributed by atoms with van der Waals surface area (Å²) in [5.41, 5.74) is 2.45. The number of rotatable bonds is 6. The van der Waals surface area contributed by atoms with E-state index in [1.165, 1.54) is 11.1 Å². The lowest BCUT2D eigenvalue weighted by Gasteiger charge is -2.56. The van der Waals surface area contributed by atoms with Gasteiger partial charge < -0.3 is 14.7 Å². The quantitative estimate of drug-likeness (QED) is 0.862. The SMILES string of the molecule is CCOC1CC(O)C12CCN(C(=O)CCc1ccc(CC)cc1)CC2. The number of hydrogen-bond acceptors (Lipinski definition) is 3. The van der Waals surface area contributed by atoms with E-state index in [0.29, 0.717) is 13.0 Å².